The number of hydrogen-bond acceptors (Lipinski definition) is 7. The van der Waals surface area contributed by atoms with Gasteiger partial charge in [0.05, 0.1) is 11.3 Å². The number of fused-ring (bicyclic) bond motifs is 1. The van der Waals surface area contributed by atoms with Crippen LogP contribution in [-0.2, 0) is 17.7 Å². The van der Waals surface area contributed by atoms with E-state index in [4.69, 9.17) is 4.74 Å². The molecule has 1 atom stereocenters. The van der Waals surface area contributed by atoms with Crippen molar-refractivity contribution in [3.63, 3.8) is 0 Å². The summed E-state index contributed by atoms with van der Waals surface area (Å²) in [5.41, 5.74) is 2.50. The third-order valence-electron chi connectivity index (χ3n) is 4.13. The molecule has 2 aromatic rings. The lowest BCUT2D eigenvalue weighted by molar-refractivity contribution is 0.0495. The summed E-state index contributed by atoms with van der Waals surface area (Å²) in [7, 11) is 0. The Bertz CT molecular complexity index is 791. The Morgan fingerprint density at radius 1 is 1.30 bits per heavy atom. The molecule has 0 radical (unpaired) electrons. The maximum absolute atomic E-state index is 11.9. The summed E-state index contributed by atoms with van der Waals surface area (Å²) in [6, 6.07) is -0.0111. The van der Waals surface area contributed by atoms with Gasteiger partial charge < -0.3 is 10.1 Å². The second-order valence-electron chi connectivity index (χ2n) is 7.83. The highest BCUT2D eigenvalue weighted by atomic mass is 16.6. The predicted octanol–water partition coefficient (Wildman–Crippen LogP) is 2.20. The van der Waals surface area contributed by atoms with E-state index in [0.717, 1.165) is 42.9 Å². The molecule has 8 nitrogen and oxygen atoms in total. The molecular formula is C19H26N6O2. The number of nitrogens with zero attached hydrogens (tertiary/aromatic N) is 5. The van der Waals surface area contributed by atoms with Gasteiger partial charge in [-0.25, -0.2) is 24.7 Å². The molecule has 1 aliphatic heterocycles. The first kappa shape index (κ1) is 19.2. The van der Waals surface area contributed by atoms with Crippen molar-refractivity contribution in [3.05, 3.63) is 36.2 Å². The fourth-order valence-corrected chi connectivity index (χ4v) is 3.03. The Balaban J connectivity index is 1.58. The van der Waals surface area contributed by atoms with E-state index in [2.05, 4.69) is 30.2 Å². The van der Waals surface area contributed by atoms with Gasteiger partial charge in [-0.1, -0.05) is 0 Å². The number of carbonyl (C=O) groups is 1. The third-order valence-corrected chi connectivity index (χ3v) is 4.13. The highest BCUT2D eigenvalue weighted by molar-refractivity contribution is 5.68. The van der Waals surface area contributed by atoms with Gasteiger partial charge >= 0.3 is 6.09 Å². The first-order chi connectivity index (χ1) is 12.8. The summed E-state index contributed by atoms with van der Waals surface area (Å²) < 4.78 is 5.31. The van der Waals surface area contributed by atoms with Crippen molar-refractivity contribution >= 4 is 6.09 Å². The largest absolute Gasteiger partial charge is 0.444 e. The second-order valence-corrected chi connectivity index (χ2v) is 7.83. The van der Waals surface area contributed by atoms with Gasteiger partial charge in [-0.15, -0.1) is 0 Å². The molecule has 0 aliphatic carbocycles. The van der Waals surface area contributed by atoms with Crippen molar-refractivity contribution in [2.75, 3.05) is 13.1 Å². The number of carbonyl (C=O) groups excluding carboxylic acids is 1. The van der Waals surface area contributed by atoms with E-state index in [1.54, 1.807) is 12.4 Å². The summed E-state index contributed by atoms with van der Waals surface area (Å²) in [5, 5.41) is 2.89. The Morgan fingerprint density at radius 3 is 2.74 bits per heavy atom. The minimum absolute atomic E-state index is 0.0111. The average molecular weight is 370 g/mol. The molecule has 0 saturated heterocycles. The minimum Gasteiger partial charge on any atom is -0.444 e. The first-order valence-electron chi connectivity index (χ1n) is 9.12. The van der Waals surface area contributed by atoms with Crippen LogP contribution in [0.25, 0.3) is 11.4 Å². The van der Waals surface area contributed by atoms with Crippen molar-refractivity contribution in [1.29, 1.82) is 0 Å². The van der Waals surface area contributed by atoms with E-state index >= 15 is 0 Å². The quantitative estimate of drug-likeness (QED) is 0.882. The molecule has 3 heterocycles. The number of nitrogens with one attached hydrogen (secondary N) is 1. The summed E-state index contributed by atoms with van der Waals surface area (Å²) in [6.07, 6.45) is 7.26. The van der Waals surface area contributed by atoms with Crippen LogP contribution in [0, 0.1) is 0 Å². The van der Waals surface area contributed by atoms with Gasteiger partial charge in [-0.2, -0.15) is 0 Å². The molecule has 2 aromatic heterocycles. The molecule has 8 heteroatoms. The molecule has 0 aromatic carbocycles. The van der Waals surface area contributed by atoms with E-state index in [9.17, 15) is 4.79 Å². The molecule has 1 amide bonds. The van der Waals surface area contributed by atoms with Gasteiger partial charge in [-0.05, 0) is 27.7 Å². The van der Waals surface area contributed by atoms with Gasteiger partial charge in [0.2, 0.25) is 0 Å². The van der Waals surface area contributed by atoms with Crippen molar-refractivity contribution < 1.29 is 9.53 Å². The van der Waals surface area contributed by atoms with Crippen LogP contribution in [0.5, 0.6) is 0 Å². The maximum Gasteiger partial charge on any atom is 0.407 e. The summed E-state index contributed by atoms with van der Waals surface area (Å²) >= 11 is 0. The maximum atomic E-state index is 11.9. The van der Waals surface area contributed by atoms with Crippen LogP contribution in [0.15, 0.2) is 24.9 Å². The number of rotatable bonds is 4. The lowest BCUT2D eigenvalue weighted by Crippen LogP contribution is -2.45. The Kier molecular flexibility index (Phi) is 5.65. The van der Waals surface area contributed by atoms with Crippen LogP contribution in [0.2, 0.25) is 0 Å². The number of hydrogen-bond donors (Lipinski definition) is 1. The molecule has 144 valence electrons. The highest BCUT2D eigenvalue weighted by Crippen LogP contribution is 2.20. The van der Waals surface area contributed by atoms with Crippen molar-refractivity contribution in [2.45, 2.75) is 52.3 Å². The summed E-state index contributed by atoms with van der Waals surface area (Å²) in [5.74, 6) is 0.655. The molecule has 3 rings (SSSR count). The van der Waals surface area contributed by atoms with Crippen LogP contribution in [0.4, 0.5) is 4.79 Å². The number of alkyl carbamates (subject to hydrolysis) is 1. The molecule has 1 aliphatic rings. The zero-order valence-corrected chi connectivity index (χ0v) is 16.3. The number of ether oxygens (including phenoxy) is 1. The normalized spacial score (nSPS) is 15.7. The third kappa shape index (κ3) is 5.43. The number of amides is 1. The average Bonchev–Trinajstić information content (AvgIpc) is 2.60. The Labute approximate surface area is 159 Å². The van der Waals surface area contributed by atoms with Crippen molar-refractivity contribution in [3.8, 4) is 11.4 Å². The zero-order valence-electron chi connectivity index (χ0n) is 16.3. The molecule has 0 spiro atoms. The van der Waals surface area contributed by atoms with E-state index in [1.807, 2.05) is 33.9 Å². The zero-order chi connectivity index (χ0) is 19.4. The van der Waals surface area contributed by atoms with Crippen LogP contribution in [-0.4, -0.2) is 55.7 Å². The Hall–Kier alpha value is -2.61. The second kappa shape index (κ2) is 7.96. The highest BCUT2D eigenvalue weighted by Gasteiger charge is 2.22. The molecule has 0 bridgehead atoms. The minimum atomic E-state index is -0.493. The molecule has 1 unspecified atom stereocenters. The monoisotopic (exact) mass is 370 g/mol. The fourth-order valence-electron chi connectivity index (χ4n) is 3.03. The lowest BCUT2D eigenvalue weighted by atomic mass is 10.1. The van der Waals surface area contributed by atoms with Crippen molar-refractivity contribution in [2.24, 2.45) is 0 Å². The van der Waals surface area contributed by atoms with Crippen LogP contribution in [0.1, 0.15) is 39.0 Å². The SMILES string of the molecule is CC(CN1CCc2nc(-c3cncnc3)ncc2C1)NC(=O)OC(C)(C)C. The fraction of sp³-hybridized carbons (Fsp3) is 0.526. The summed E-state index contributed by atoms with van der Waals surface area (Å²) in [6.45, 7) is 9.94. The van der Waals surface area contributed by atoms with Gasteiger partial charge in [0.1, 0.15) is 11.9 Å². The molecule has 0 saturated carbocycles. The molecule has 0 fully saturated rings. The predicted molar refractivity (Wildman–Crippen MR) is 101 cm³/mol. The lowest BCUT2D eigenvalue weighted by Gasteiger charge is -2.30. The van der Waals surface area contributed by atoms with Gasteiger partial charge in [0.15, 0.2) is 5.82 Å². The first-order valence-corrected chi connectivity index (χ1v) is 9.12. The van der Waals surface area contributed by atoms with Crippen LogP contribution >= 0.6 is 0 Å². The Morgan fingerprint density at radius 2 is 2.04 bits per heavy atom. The topological polar surface area (TPSA) is 93.1 Å². The standard InChI is InChI=1S/C19H26N6O2/c1-13(23-18(26)27-19(2,3)4)10-25-6-5-16-15(11-25)9-22-17(24-16)14-7-20-12-21-8-14/h7-9,12-13H,5-6,10-11H2,1-4H3,(H,23,26). The smallest absolute Gasteiger partial charge is 0.407 e. The van der Waals surface area contributed by atoms with E-state index in [1.165, 1.54) is 6.33 Å². The van der Waals surface area contributed by atoms with Crippen LogP contribution in [0.3, 0.4) is 0 Å². The number of aromatic nitrogens is 4. The van der Waals surface area contributed by atoms with E-state index in [0.29, 0.717) is 5.82 Å². The van der Waals surface area contributed by atoms with Gasteiger partial charge in [-0.3, -0.25) is 4.90 Å². The van der Waals surface area contributed by atoms with E-state index in [-0.39, 0.29) is 12.1 Å². The van der Waals surface area contributed by atoms with Gasteiger partial charge in [0, 0.05) is 56.3 Å². The van der Waals surface area contributed by atoms with Crippen LogP contribution < -0.4 is 5.32 Å². The molecule has 1 N–H and O–H groups in total. The van der Waals surface area contributed by atoms with Crippen molar-refractivity contribution in [1.82, 2.24) is 30.2 Å². The molecular weight excluding hydrogens is 344 g/mol. The summed E-state index contributed by atoms with van der Waals surface area (Å²) in [4.78, 5) is 31.4. The van der Waals surface area contributed by atoms with E-state index < -0.39 is 5.60 Å². The molecule has 27 heavy (non-hydrogen) atoms. The van der Waals surface area contributed by atoms with Gasteiger partial charge in [0.25, 0.3) is 0 Å².